The fraction of sp³-hybridized carbons (Fsp3) is 0.429. The van der Waals surface area contributed by atoms with Gasteiger partial charge in [0.2, 0.25) is 5.91 Å². The monoisotopic (exact) mass is 244 g/mol. The van der Waals surface area contributed by atoms with Crippen molar-refractivity contribution in [2.75, 3.05) is 13.6 Å². The summed E-state index contributed by atoms with van der Waals surface area (Å²) < 4.78 is 0. The number of benzene rings is 1. The highest BCUT2D eigenvalue weighted by Gasteiger charge is 2.35. The number of carbonyl (C=O) groups excluding carboxylic acids is 2. The van der Waals surface area contributed by atoms with Crippen molar-refractivity contribution in [2.24, 2.45) is 5.92 Å². The molecule has 1 aliphatic carbocycles. The van der Waals surface area contributed by atoms with Crippen molar-refractivity contribution in [1.29, 1.82) is 0 Å². The largest absolute Gasteiger partial charge is 0.353 e. The van der Waals surface area contributed by atoms with E-state index in [1.165, 1.54) is 0 Å². The lowest BCUT2D eigenvalue weighted by Gasteiger charge is -2.21. The molecule has 1 aromatic rings. The third-order valence-electron chi connectivity index (χ3n) is 3.76. The Bertz CT molecular complexity index is 508. The van der Waals surface area contributed by atoms with E-state index in [0.717, 1.165) is 24.0 Å². The predicted octanol–water partition coefficient (Wildman–Crippen LogP) is 1.34. The van der Waals surface area contributed by atoms with Crippen molar-refractivity contribution in [2.45, 2.75) is 18.9 Å². The van der Waals surface area contributed by atoms with Gasteiger partial charge in [-0.25, -0.2) is 0 Å². The third kappa shape index (κ3) is 1.78. The van der Waals surface area contributed by atoms with Crippen molar-refractivity contribution in [3.05, 3.63) is 35.4 Å². The first-order chi connectivity index (χ1) is 8.68. The molecule has 3 rings (SSSR count). The highest BCUT2D eigenvalue weighted by Crippen LogP contribution is 2.32. The van der Waals surface area contributed by atoms with E-state index in [4.69, 9.17) is 0 Å². The van der Waals surface area contributed by atoms with E-state index in [1.807, 2.05) is 24.3 Å². The first kappa shape index (κ1) is 11.3. The number of carbonyl (C=O) groups is 2. The summed E-state index contributed by atoms with van der Waals surface area (Å²) in [5, 5.41) is 2.95. The summed E-state index contributed by atoms with van der Waals surface area (Å²) in [5.74, 6) is 0.374. The van der Waals surface area contributed by atoms with Crippen molar-refractivity contribution in [1.82, 2.24) is 10.2 Å². The smallest absolute Gasteiger partial charge is 0.254 e. The molecule has 0 saturated heterocycles. The molecule has 1 aliphatic heterocycles. The SMILES string of the molecule is CN1C(=O)c2ccccc2C1CNC(=O)C1CC1. The van der Waals surface area contributed by atoms with Crippen LogP contribution in [0.25, 0.3) is 0 Å². The van der Waals surface area contributed by atoms with Gasteiger partial charge in [-0.1, -0.05) is 18.2 Å². The van der Waals surface area contributed by atoms with Gasteiger partial charge in [0.1, 0.15) is 0 Å². The van der Waals surface area contributed by atoms with Crippen molar-refractivity contribution >= 4 is 11.8 Å². The molecule has 1 aromatic carbocycles. The van der Waals surface area contributed by atoms with E-state index in [9.17, 15) is 9.59 Å². The number of hydrogen-bond donors (Lipinski definition) is 1. The lowest BCUT2D eigenvalue weighted by Crippen LogP contribution is -2.35. The number of hydrogen-bond acceptors (Lipinski definition) is 2. The number of fused-ring (bicyclic) bond motifs is 1. The summed E-state index contributed by atoms with van der Waals surface area (Å²) in [7, 11) is 1.79. The Morgan fingerprint density at radius 1 is 1.39 bits per heavy atom. The molecule has 94 valence electrons. The second-order valence-corrected chi connectivity index (χ2v) is 5.04. The molecule has 1 heterocycles. The molecule has 0 spiro atoms. The van der Waals surface area contributed by atoms with E-state index < -0.39 is 0 Å². The summed E-state index contributed by atoms with van der Waals surface area (Å²) >= 11 is 0. The molecule has 2 amide bonds. The number of nitrogens with one attached hydrogen (secondary N) is 1. The van der Waals surface area contributed by atoms with Crippen molar-refractivity contribution in [3.63, 3.8) is 0 Å². The van der Waals surface area contributed by atoms with Crippen LogP contribution in [0.3, 0.4) is 0 Å². The normalized spacial score (nSPS) is 21.9. The van der Waals surface area contributed by atoms with Crippen LogP contribution in [0, 0.1) is 5.92 Å². The molecule has 0 bridgehead atoms. The topological polar surface area (TPSA) is 49.4 Å². The Kier molecular flexibility index (Phi) is 2.58. The molecule has 4 nitrogen and oxygen atoms in total. The van der Waals surface area contributed by atoms with Gasteiger partial charge in [-0.05, 0) is 24.5 Å². The fourth-order valence-electron chi connectivity index (χ4n) is 2.46. The molecule has 1 N–H and O–H groups in total. The highest BCUT2D eigenvalue weighted by molar-refractivity contribution is 5.99. The van der Waals surface area contributed by atoms with Crippen molar-refractivity contribution < 1.29 is 9.59 Å². The molecule has 1 saturated carbocycles. The molecule has 4 heteroatoms. The zero-order chi connectivity index (χ0) is 12.7. The third-order valence-corrected chi connectivity index (χ3v) is 3.76. The van der Waals surface area contributed by atoms with Crippen LogP contribution in [0.2, 0.25) is 0 Å². The number of nitrogens with zero attached hydrogens (tertiary/aromatic N) is 1. The number of rotatable bonds is 3. The van der Waals surface area contributed by atoms with Gasteiger partial charge < -0.3 is 10.2 Å². The Balaban J connectivity index is 1.75. The molecular formula is C14H16N2O2. The minimum Gasteiger partial charge on any atom is -0.353 e. The first-order valence-corrected chi connectivity index (χ1v) is 6.32. The van der Waals surface area contributed by atoms with E-state index in [2.05, 4.69) is 5.32 Å². The average Bonchev–Trinajstić information content (AvgIpc) is 3.19. The standard InChI is InChI=1S/C14H16N2O2/c1-16-12(8-15-13(17)9-6-7-9)10-4-2-3-5-11(10)14(16)18/h2-5,9,12H,6-8H2,1H3,(H,15,17). The van der Waals surface area contributed by atoms with E-state index in [1.54, 1.807) is 11.9 Å². The Hall–Kier alpha value is -1.84. The van der Waals surface area contributed by atoms with E-state index in [-0.39, 0.29) is 23.8 Å². The van der Waals surface area contributed by atoms with Gasteiger partial charge in [-0.3, -0.25) is 9.59 Å². The second-order valence-electron chi connectivity index (χ2n) is 5.04. The number of likely N-dealkylation sites (N-methyl/N-ethyl adjacent to an activating group) is 1. The van der Waals surface area contributed by atoms with Crippen LogP contribution in [-0.2, 0) is 4.79 Å². The summed E-state index contributed by atoms with van der Waals surface area (Å²) in [6.45, 7) is 0.509. The second kappa shape index (κ2) is 4.12. The van der Waals surface area contributed by atoms with Gasteiger partial charge in [0.15, 0.2) is 0 Å². The van der Waals surface area contributed by atoms with Gasteiger partial charge in [-0.15, -0.1) is 0 Å². The predicted molar refractivity (Wildman–Crippen MR) is 67.0 cm³/mol. The summed E-state index contributed by atoms with van der Waals surface area (Å²) in [4.78, 5) is 25.4. The van der Waals surface area contributed by atoms with Crippen LogP contribution in [0.15, 0.2) is 24.3 Å². The van der Waals surface area contributed by atoms with Crippen LogP contribution in [0.1, 0.15) is 34.8 Å². The average molecular weight is 244 g/mol. The molecule has 2 aliphatic rings. The molecule has 0 radical (unpaired) electrons. The number of amides is 2. The van der Waals surface area contributed by atoms with Gasteiger partial charge >= 0.3 is 0 Å². The Morgan fingerprint density at radius 2 is 2.11 bits per heavy atom. The minimum atomic E-state index is -0.0311. The van der Waals surface area contributed by atoms with Gasteiger partial charge in [0.05, 0.1) is 6.04 Å². The van der Waals surface area contributed by atoms with Crippen LogP contribution in [-0.4, -0.2) is 30.3 Å². The summed E-state index contributed by atoms with van der Waals surface area (Å²) in [6, 6.07) is 7.58. The van der Waals surface area contributed by atoms with Gasteiger partial charge in [0.25, 0.3) is 5.91 Å². The molecular weight excluding hydrogens is 228 g/mol. The lowest BCUT2D eigenvalue weighted by molar-refractivity contribution is -0.122. The zero-order valence-electron chi connectivity index (χ0n) is 10.3. The molecule has 1 unspecified atom stereocenters. The maximum atomic E-state index is 12.0. The van der Waals surface area contributed by atoms with Crippen LogP contribution in [0.5, 0.6) is 0 Å². The summed E-state index contributed by atoms with van der Waals surface area (Å²) in [6.07, 6.45) is 2.00. The van der Waals surface area contributed by atoms with Crippen LogP contribution < -0.4 is 5.32 Å². The summed E-state index contributed by atoms with van der Waals surface area (Å²) in [5.41, 5.74) is 1.77. The highest BCUT2D eigenvalue weighted by atomic mass is 16.2. The molecule has 1 atom stereocenters. The minimum absolute atomic E-state index is 0.0311. The fourth-order valence-corrected chi connectivity index (χ4v) is 2.46. The maximum Gasteiger partial charge on any atom is 0.254 e. The van der Waals surface area contributed by atoms with E-state index >= 15 is 0 Å². The van der Waals surface area contributed by atoms with Gasteiger partial charge in [0, 0.05) is 25.1 Å². The van der Waals surface area contributed by atoms with E-state index in [0.29, 0.717) is 6.54 Å². The Morgan fingerprint density at radius 3 is 2.83 bits per heavy atom. The molecule has 1 fully saturated rings. The quantitative estimate of drug-likeness (QED) is 0.872. The first-order valence-electron chi connectivity index (χ1n) is 6.32. The molecule has 18 heavy (non-hydrogen) atoms. The van der Waals surface area contributed by atoms with Crippen LogP contribution >= 0.6 is 0 Å². The lowest BCUT2D eigenvalue weighted by atomic mass is 10.0. The van der Waals surface area contributed by atoms with Crippen LogP contribution in [0.4, 0.5) is 0 Å². The zero-order valence-corrected chi connectivity index (χ0v) is 10.3. The maximum absolute atomic E-state index is 12.0. The van der Waals surface area contributed by atoms with Gasteiger partial charge in [-0.2, -0.15) is 0 Å². The molecule has 0 aromatic heterocycles. The van der Waals surface area contributed by atoms with Crippen molar-refractivity contribution in [3.8, 4) is 0 Å². The Labute approximate surface area is 106 Å².